The molecule has 0 atom stereocenters. The molecule has 0 bridgehead atoms. The van der Waals surface area contributed by atoms with E-state index in [0.29, 0.717) is 12.0 Å². The van der Waals surface area contributed by atoms with Crippen LogP contribution in [0.3, 0.4) is 0 Å². The van der Waals surface area contributed by atoms with Gasteiger partial charge in [0.2, 0.25) is 0 Å². The third-order valence-corrected chi connectivity index (χ3v) is 7.83. The van der Waals surface area contributed by atoms with E-state index >= 15 is 0 Å². The van der Waals surface area contributed by atoms with Crippen molar-refractivity contribution in [3.05, 3.63) is 59.7 Å². The summed E-state index contributed by atoms with van der Waals surface area (Å²) in [6, 6.07) is 16.9. The normalized spacial score (nSPS) is 24.2. The zero-order chi connectivity index (χ0) is 24.0. The van der Waals surface area contributed by atoms with Gasteiger partial charge in [-0.05, 0) is 80.7 Å². The molecule has 3 fully saturated rings. The van der Waals surface area contributed by atoms with Gasteiger partial charge in [-0.15, -0.1) is 0 Å². The molecule has 3 saturated heterocycles. The lowest BCUT2D eigenvalue weighted by Crippen LogP contribution is -2.55. The highest BCUT2D eigenvalue weighted by Crippen LogP contribution is 2.23. The number of likely N-dealkylation sites (tertiary alicyclic amines) is 2. The molecule has 2 aromatic carbocycles. The molecule has 0 aliphatic carbocycles. The summed E-state index contributed by atoms with van der Waals surface area (Å²) in [5.41, 5.74) is 3.07. The van der Waals surface area contributed by atoms with E-state index in [2.05, 4.69) is 33.0 Å². The SMILES string of the molecule is COc1ccc(C2CNC(Nc3ccc(C(=O)N4CCC(N5CCCCC5)CC4)cc3)NC2)cc1. The Morgan fingerprint density at radius 1 is 0.886 bits per heavy atom. The van der Waals surface area contributed by atoms with Crippen LogP contribution in [0.2, 0.25) is 0 Å². The first kappa shape index (κ1) is 24.1. The van der Waals surface area contributed by atoms with Crippen LogP contribution in [-0.4, -0.2) is 74.4 Å². The quantitative estimate of drug-likeness (QED) is 0.592. The highest BCUT2D eigenvalue weighted by Gasteiger charge is 2.28. The maximum atomic E-state index is 13.1. The van der Waals surface area contributed by atoms with Crippen molar-refractivity contribution in [2.24, 2.45) is 0 Å². The third-order valence-electron chi connectivity index (χ3n) is 7.83. The molecular formula is C28H39N5O2. The second kappa shape index (κ2) is 11.4. The fourth-order valence-electron chi connectivity index (χ4n) is 5.65. The summed E-state index contributed by atoms with van der Waals surface area (Å²) >= 11 is 0. The minimum atomic E-state index is -0.000125. The first-order chi connectivity index (χ1) is 17.2. The number of anilines is 1. The number of nitrogens with one attached hydrogen (secondary N) is 3. The molecule has 0 radical (unpaired) electrons. The van der Waals surface area contributed by atoms with Crippen molar-refractivity contribution in [3.8, 4) is 5.75 Å². The number of methoxy groups -OCH3 is 1. The number of rotatable bonds is 6. The van der Waals surface area contributed by atoms with Crippen LogP contribution >= 0.6 is 0 Å². The maximum absolute atomic E-state index is 13.1. The molecule has 0 saturated carbocycles. The average molecular weight is 478 g/mol. The number of nitrogens with zero attached hydrogens (tertiary/aromatic N) is 2. The molecule has 35 heavy (non-hydrogen) atoms. The molecular weight excluding hydrogens is 438 g/mol. The van der Waals surface area contributed by atoms with Crippen molar-refractivity contribution < 1.29 is 9.53 Å². The van der Waals surface area contributed by atoms with Gasteiger partial charge in [0.25, 0.3) is 5.91 Å². The largest absolute Gasteiger partial charge is 0.497 e. The number of hydrogen-bond acceptors (Lipinski definition) is 6. The Labute approximate surface area is 209 Å². The van der Waals surface area contributed by atoms with E-state index in [-0.39, 0.29) is 12.2 Å². The highest BCUT2D eigenvalue weighted by atomic mass is 16.5. The Hall–Kier alpha value is -2.61. The first-order valence-corrected chi connectivity index (χ1v) is 13.2. The van der Waals surface area contributed by atoms with Gasteiger partial charge in [-0.1, -0.05) is 18.6 Å². The Morgan fingerprint density at radius 3 is 2.17 bits per heavy atom. The number of carbonyl (C=O) groups is 1. The Balaban J connectivity index is 1.08. The second-order valence-electron chi connectivity index (χ2n) is 10.1. The third kappa shape index (κ3) is 5.97. The van der Waals surface area contributed by atoms with E-state index in [1.807, 2.05) is 41.3 Å². The molecule has 2 aromatic rings. The molecule has 3 N–H and O–H groups in total. The zero-order valence-electron chi connectivity index (χ0n) is 20.8. The second-order valence-corrected chi connectivity index (χ2v) is 10.1. The van der Waals surface area contributed by atoms with Crippen molar-refractivity contribution >= 4 is 11.6 Å². The fourth-order valence-corrected chi connectivity index (χ4v) is 5.65. The lowest BCUT2D eigenvalue weighted by atomic mass is 9.97. The van der Waals surface area contributed by atoms with Gasteiger partial charge >= 0.3 is 0 Å². The molecule has 1 amide bonds. The number of amides is 1. The fraction of sp³-hybridized carbons (Fsp3) is 0.536. The molecule has 0 aromatic heterocycles. The molecule has 0 unspecified atom stereocenters. The lowest BCUT2D eigenvalue weighted by molar-refractivity contribution is 0.0590. The molecule has 7 heteroatoms. The van der Waals surface area contributed by atoms with E-state index in [9.17, 15) is 4.79 Å². The van der Waals surface area contributed by atoms with E-state index in [0.717, 1.165) is 56.0 Å². The monoisotopic (exact) mass is 477 g/mol. The van der Waals surface area contributed by atoms with Crippen molar-refractivity contribution in [1.82, 2.24) is 20.4 Å². The van der Waals surface area contributed by atoms with Crippen molar-refractivity contribution in [1.29, 1.82) is 0 Å². The van der Waals surface area contributed by atoms with Crippen LogP contribution in [0.15, 0.2) is 48.5 Å². The molecule has 3 aliphatic heterocycles. The minimum absolute atomic E-state index is 0.000125. The van der Waals surface area contributed by atoms with E-state index < -0.39 is 0 Å². The van der Waals surface area contributed by atoms with Gasteiger partial charge < -0.3 is 19.9 Å². The van der Waals surface area contributed by atoms with Crippen LogP contribution in [0.4, 0.5) is 5.69 Å². The van der Waals surface area contributed by atoms with Crippen LogP contribution in [0.1, 0.15) is 53.9 Å². The molecule has 188 valence electrons. The Kier molecular flexibility index (Phi) is 7.86. The van der Waals surface area contributed by atoms with Crippen LogP contribution in [0.5, 0.6) is 5.75 Å². The van der Waals surface area contributed by atoms with Crippen LogP contribution < -0.4 is 20.7 Å². The summed E-state index contributed by atoms with van der Waals surface area (Å²) in [5.74, 6) is 1.46. The van der Waals surface area contributed by atoms with Crippen LogP contribution in [-0.2, 0) is 0 Å². The van der Waals surface area contributed by atoms with Crippen molar-refractivity contribution in [2.75, 3.05) is 51.7 Å². The molecule has 3 aliphatic rings. The molecule has 0 spiro atoms. The number of hydrogen-bond donors (Lipinski definition) is 3. The smallest absolute Gasteiger partial charge is 0.253 e. The standard InChI is InChI=1S/C28H39N5O2/c1-35-26-11-7-21(8-12-26)23-19-29-28(30-20-23)31-24-9-5-22(6-10-24)27(34)33-17-13-25(14-18-33)32-15-3-2-4-16-32/h5-12,23,25,28-31H,2-4,13-20H2,1H3. The number of carbonyl (C=O) groups excluding carboxylic acids is 1. The average Bonchev–Trinajstić information content (AvgIpc) is 2.94. The first-order valence-electron chi connectivity index (χ1n) is 13.2. The highest BCUT2D eigenvalue weighted by molar-refractivity contribution is 5.94. The minimum Gasteiger partial charge on any atom is -0.497 e. The topological polar surface area (TPSA) is 68.9 Å². The summed E-state index contributed by atoms with van der Waals surface area (Å²) < 4.78 is 5.26. The van der Waals surface area contributed by atoms with Crippen molar-refractivity contribution in [2.45, 2.75) is 50.4 Å². The number of benzene rings is 2. The van der Waals surface area contributed by atoms with Crippen molar-refractivity contribution in [3.63, 3.8) is 0 Å². The number of piperidine rings is 2. The predicted molar refractivity (Wildman–Crippen MR) is 140 cm³/mol. The van der Waals surface area contributed by atoms with Gasteiger partial charge in [0.15, 0.2) is 0 Å². The zero-order valence-corrected chi connectivity index (χ0v) is 20.8. The van der Waals surface area contributed by atoms with Crippen LogP contribution in [0.25, 0.3) is 0 Å². The summed E-state index contributed by atoms with van der Waals surface area (Å²) in [4.78, 5) is 17.7. The van der Waals surface area contributed by atoms with E-state index in [1.54, 1.807) is 7.11 Å². The summed E-state index contributed by atoms with van der Waals surface area (Å²) in [6.45, 7) is 5.98. The number of ether oxygens (including phenoxy) is 1. The summed E-state index contributed by atoms with van der Waals surface area (Å²) in [5, 5.41) is 10.6. The summed E-state index contributed by atoms with van der Waals surface area (Å²) in [7, 11) is 1.69. The van der Waals surface area contributed by atoms with E-state index in [4.69, 9.17) is 4.74 Å². The van der Waals surface area contributed by atoms with E-state index in [1.165, 1.54) is 37.9 Å². The lowest BCUT2D eigenvalue weighted by Gasteiger charge is -2.40. The summed E-state index contributed by atoms with van der Waals surface area (Å²) in [6.07, 6.45) is 6.23. The predicted octanol–water partition coefficient (Wildman–Crippen LogP) is 3.46. The molecule has 3 heterocycles. The van der Waals surface area contributed by atoms with Gasteiger partial charge in [-0.3, -0.25) is 15.4 Å². The molecule has 7 nitrogen and oxygen atoms in total. The Bertz CT molecular complexity index is 942. The maximum Gasteiger partial charge on any atom is 0.253 e. The Morgan fingerprint density at radius 2 is 1.54 bits per heavy atom. The van der Waals surface area contributed by atoms with Gasteiger partial charge in [-0.25, -0.2) is 0 Å². The van der Waals surface area contributed by atoms with Gasteiger partial charge in [0.05, 0.1) is 7.11 Å². The van der Waals surface area contributed by atoms with Gasteiger partial charge in [0.1, 0.15) is 12.0 Å². The molecule has 5 rings (SSSR count). The van der Waals surface area contributed by atoms with Gasteiger partial charge in [0, 0.05) is 49.4 Å². The van der Waals surface area contributed by atoms with Gasteiger partial charge in [-0.2, -0.15) is 0 Å². The van der Waals surface area contributed by atoms with Crippen LogP contribution in [0, 0.1) is 0 Å².